The third kappa shape index (κ3) is 5.89. The van der Waals surface area contributed by atoms with Gasteiger partial charge in [0.05, 0.1) is 0 Å². The third-order valence-corrected chi connectivity index (χ3v) is 7.48. The molecule has 0 aromatic heterocycles. The monoisotopic (exact) mass is 472 g/mol. The smallest absolute Gasteiger partial charge is 0.310 e. The number of halogens is 1. The van der Waals surface area contributed by atoms with E-state index in [0.717, 1.165) is 62.5 Å². The summed E-state index contributed by atoms with van der Waals surface area (Å²) in [5, 5.41) is 4.96. The van der Waals surface area contributed by atoms with Gasteiger partial charge in [0, 0.05) is 32.1 Å². The fourth-order valence-corrected chi connectivity index (χ4v) is 6.01. The molecule has 2 saturated heterocycles. The number of nitrogens with zero attached hydrogens (tertiary/aromatic N) is 3. The van der Waals surface area contributed by atoms with E-state index in [2.05, 4.69) is 27.3 Å². The lowest BCUT2D eigenvalue weighted by atomic mass is 9.64. The van der Waals surface area contributed by atoms with Crippen LogP contribution in [0.4, 0.5) is 0 Å². The van der Waals surface area contributed by atoms with Crippen molar-refractivity contribution in [1.82, 2.24) is 10.3 Å². The number of nitrogens with one attached hydrogen (secondary N) is 1. The molecule has 0 aromatic rings. The normalized spacial score (nSPS) is 23.5. The van der Waals surface area contributed by atoms with Crippen molar-refractivity contribution in [3.05, 3.63) is 0 Å². The topological polar surface area (TPSA) is 100 Å². The zero-order valence-corrected chi connectivity index (χ0v) is 19.8. The van der Waals surface area contributed by atoms with E-state index in [-0.39, 0.29) is 24.2 Å². The number of thioether (sulfide) groups is 1. The maximum Gasteiger partial charge on any atom is 0.310 e. The van der Waals surface area contributed by atoms with E-state index in [1.807, 2.05) is 0 Å². The van der Waals surface area contributed by atoms with E-state index in [9.17, 15) is 14.4 Å². The summed E-state index contributed by atoms with van der Waals surface area (Å²) < 4.78 is 5.47. The molecule has 1 aliphatic carbocycles. The van der Waals surface area contributed by atoms with Gasteiger partial charge in [-0.15, -0.1) is 17.5 Å². The average molecular weight is 473 g/mol. The average Bonchev–Trinajstić information content (AvgIpc) is 3.24. The molecule has 0 spiro atoms. The summed E-state index contributed by atoms with van der Waals surface area (Å²) >= 11 is 1.57. The van der Waals surface area contributed by atoms with Gasteiger partial charge in [0.15, 0.2) is 5.17 Å². The molecule has 0 bridgehead atoms. The van der Waals surface area contributed by atoms with Crippen molar-refractivity contribution in [1.29, 1.82) is 0 Å². The van der Waals surface area contributed by atoms with Crippen LogP contribution in [0.3, 0.4) is 0 Å². The molecule has 3 aliphatic rings. The van der Waals surface area contributed by atoms with Crippen molar-refractivity contribution in [2.75, 3.05) is 32.1 Å². The van der Waals surface area contributed by atoms with Crippen molar-refractivity contribution in [2.24, 2.45) is 21.9 Å². The van der Waals surface area contributed by atoms with Gasteiger partial charge in [0.1, 0.15) is 5.54 Å². The summed E-state index contributed by atoms with van der Waals surface area (Å²) in [6.07, 6.45) is 8.47. The molecule has 0 aromatic carbocycles. The lowest BCUT2D eigenvalue weighted by Crippen LogP contribution is -2.57. The minimum Gasteiger partial charge on any atom is -0.381 e. The molecule has 1 saturated carbocycles. The summed E-state index contributed by atoms with van der Waals surface area (Å²) in [5.41, 5.74) is 1.11. The van der Waals surface area contributed by atoms with Crippen LogP contribution in [-0.2, 0) is 19.1 Å². The molecule has 1 N–H and O–H groups in total. The lowest BCUT2D eigenvalue weighted by molar-refractivity contribution is -0.145. The molecule has 1 atom stereocenters. The number of hydrogen-bond acceptors (Lipinski definition) is 7. The van der Waals surface area contributed by atoms with Crippen LogP contribution in [0.1, 0.15) is 58.3 Å². The third-order valence-electron chi connectivity index (χ3n) is 6.48. The number of amidine groups is 1. The molecule has 10 heteroatoms. The van der Waals surface area contributed by atoms with Crippen molar-refractivity contribution in [3.63, 3.8) is 0 Å². The van der Waals surface area contributed by atoms with Crippen molar-refractivity contribution in [3.8, 4) is 0 Å². The molecule has 31 heavy (non-hydrogen) atoms. The number of carbonyl (C=O) groups excluding carboxylic acids is 3. The molecular formula is C21H33ClN4O4S. The standard InChI is InChI=1S/C21H32N4O4S.ClH/c1-2-10-25-11-14-30-20(25)24-23-19(28)18(27)21(22-15-26,16-6-4-3-5-7-16)17-8-12-29-13-9-17;/h16-17H,2-14H2,1H3,(H,23,28);1H. The number of rotatable bonds is 8. The van der Waals surface area contributed by atoms with E-state index in [1.165, 1.54) is 0 Å². The van der Waals surface area contributed by atoms with Gasteiger partial charge < -0.3 is 9.64 Å². The first-order chi connectivity index (χ1) is 14.6. The molecule has 3 fully saturated rings. The number of hydrazone groups is 1. The maximum atomic E-state index is 13.6. The molecule has 1 unspecified atom stereocenters. The Hall–Kier alpha value is -1.41. The van der Waals surface area contributed by atoms with Crippen LogP contribution in [0.5, 0.6) is 0 Å². The first kappa shape index (κ1) is 25.8. The predicted molar refractivity (Wildman–Crippen MR) is 123 cm³/mol. The molecule has 0 radical (unpaired) electrons. The van der Waals surface area contributed by atoms with Crippen LogP contribution < -0.4 is 5.43 Å². The Balaban J connectivity index is 0.00000341. The molecule has 174 valence electrons. The number of hydrogen-bond donors (Lipinski definition) is 1. The Bertz CT molecular complexity index is 683. The van der Waals surface area contributed by atoms with Crippen LogP contribution in [0, 0.1) is 11.8 Å². The number of ketones is 1. The van der Waals surface area contributed by atoms with Gasteiger partial charge in [-0.25, -0.2) is 10.2 Å². The van der Waals surface area contributed by atoms with Crippen molar-refractivity contribution >= 4 is 47.1 Å². The zero-order chi connectivity index (χ0) is 21.4. The fourth-order valence-electron chi connectivity index (χ4n) is 5.04. The SMILES string of the molecule is CCCN1CCSC1=NNC(=O)C(=O)C(N=C=O)(C1CCCCC1)C1CCOCC1.Cl. The first-order valence-electron chi connectivity index (χ1n) is 11.1. The zero-order valence-electron chi connectivity index (χ0n) is 18.1. The van der Waals surface area contributed by atoms with Gasteiger partial charge in [-0.05, 0) is 43.9 Å². The molecular weight excluding hydrogens is 440 g/mol. The Morgan fingerprint density at radius 3 is 2.52 bits per heavy atom. The summed E-state index contributed by atoms with van der Waals surface area (Å²) in [6, 6.07) is 0. The van der Waals surface area contributed by atoms with E-state index in [4.69, 9.17) is 4.74 Å². The van der Waals surface area contributed by atoms with Gasteiger partial charge >= 0.3 is 5.91 Å². The Morgan fingerprint density at radius 2 is 1.87 bits per heavy atom. The summed E-state index contributed by atoms with van der Waals surface area (Å²) in [6.45, 7) is 4.84. The van der Waals surface area contributed by atoms with Crippen LogP contribution in [-0.4, -0.2) is 65.4 Å². The quantitative estimate of drug-likeness (QED) is 0.252. The number of amides is 1. The van der Waals surface area contributed by atoms with Crippen LogP contribution in [0.15, 0.2) is 10.1 Å². The fraction of sp³-hybridized carbons (Fsp3) is 0.810. The van der Waals surface area contributed by atoms with Crippen molar-refractivity contribution in [2.45, 2.75) is 63.8 Å². The van der Waals surface area contributed by atoms with E-state index < -0.39 is 17.2 Å². The van der Waals surface area contributed by atoms with Crippen molar-refractivity contribution < 1.29 is 19.1 Å². The van der Waals surface area contributed by atoms with E-state index in [0.29, 0.717) is 26.1 Å². The van der Waals surface area contributed by atoms with Crippen LogP contribution in [0.2, 0.25) is 0 Å². The Labute approximate surface area is 194 Å². The Morgan fingerprint density at radius 1 is 1.19 bits per heavy atom. The number of isocyanates is 1. The highest BCUT2D eigenvalue weighted by atomic mass is 35.5. The van der Waals surface area contributed by atoms with Crippen LogP contribution in [0.25, 0.3) is 0 Å². The van der Waals surface area contributed by atoms with Gasteiger partial charge in [0.25, 0.3) is 5.78 Å². The second-order valence-corrected chi connectivity index (χ2v) is 9.31. The highest BCUT2D eigenvalue weighted by molar-refractivity contribution is 8.14. The minimum atomic E-state index is -1.36. The predicted octanol–water partition coefficient (Wildman–Crippen LogP) is 2.90. The molecule has 3 rings (SSSR count). The van der Waals surface area contributed by atoms with E-state index >= 15 is 0 Å². The molecule has 2 aliphatic heterocycles. The number of Topliss-reactive ketones (excluding diaryl/α,β-unsaturated/α-hetero) is 1. The number of carbonyl (C=O) groups is 2. The molecule has 8 nitrogen and oxygen atoms in total. The highest BCUT2D eigenvalue weighted by Crippen LogP contribution is 2.44. The first-order valence-corrected chi connectivity index (χ1v) is 12.1. The number of ether oxygens (including phenoxy) is 1. The second-order valence-electron chi connectivity index (χ2n) is 8.25. The Kier molecular flexibility index (Phi) is 10.5. The molecule has 2 heterocycles. The van der Waals surface area contributed by atoms with E-state index in [1.54, 1.807) is 17.8 Å². The van der Waals surface area contributed by atoms with Gasteiger partial charge in [0.2, 0.25) is 6.08 Å². The largest absolute Gasteiger partial charge is 0.381 e. The highest BCUT2D eigenvalue weighted by Gasteiger charge is 2.54. The summed E-state index contributed by atoms with van der Waals surface area (Å²) in [4.78, 5) is 44.2. The van der Waals surface area contributed by atoms with Crippen LogP contribution >= 0.6 is 24.2 Å². The molecule has 1 amide bonds. The van der Waals surface area contributed by atoms with Gasteiger partial charge in [-0.2, -0.15) is 4.99 Å². The lowest BCUT2D eigenvalue weighted by Gasteiger charge is -2.43. The second kappa shape index (κ2) is 12.6. The summed E-state index contributed by atoms with van der Waals surface area (Å²) in [7, 11) is 0. The van der Waals surface area contributed by atoms with Gasteiger partial charge in [-0.1, -0.05) is 37.9 Å². The van der Waals surface area contributed by atoms with Gasteiger partial charge in [-0.3, -0.25) is 9.59 Å². The maximum absolute atomic E-state index is 13.6. The minimum absolute atomic E-state index is 0. The number of aliphatic imine (C=N–C) groups is 1. The summed E-state index contributed by atoms with van der Waals surface area (Å²) in [5.74, 6) is -0.855.